The van der Waals surface area contributed by atoms with Gasteiger partial charge in [-0.25, -0.2) is 0 Å². The van der Waals surface area contributed by atoms with Gasteiger partial charge in [0.15, 0.2) is 0 Å². The number of carbonyl (C=O) groups excluding carboxylic acids is 2. The van der Waals surface area contributed by atoms with Gasteiger partial charge in [-0.3, -0.25) is 14.3 Å². The van der Waals surface area contributed by atoms with E-state index in [4.69, 9.17) is 4.74 Å². The van der Waals surface area contributed by atoms with Crippen LogP contribution in [0.4, 0.5) is 11.4 Å². The zero-order chi connectivity index (χ0) is 17.9. The van der Waals surface area contributed by atoms with Crippen molar-refractivity contribution in [3.63, 3.8) is 0 Å². The van der Waals surface area contributed by atoms with Gasteiger partial charge in [-0.1, -0.05) is 0 Å². The SMILES string of the molecule is COc1ccc(NC(=O)Cc2c(C)nn(C)c2C)cc1NC(C)=O. The summed E-state index contributed by atoms with van der Waals surface area (Å²) < 4.78 is 6.96. The number of aryl methyl sites for hydroxylation is 2. The lowest BCUT2D eigenvalue weighted by atomic mass is 10.1. The zero-order valence-corrected chi connectivity index (χ0v) is 14.6. The minimum Gasteiger partial charge on any atom is -0.495 e. The Morgan fingerprint density at radius 3 is 2.50 bits per heavy atom. The van der Waals surface area contributed by atoms with Crippen molar-refractivity contribution in [2.45, 2.75) is 27.2 Å². The fourth-order valence-corrected chi connectivity index (χ4v) is 2.51. The van der Waals surface area contributed by atoms with E-state index in [9.17, 15) is 9.59 Å². The van der Waals surface area contributed by atoms with Crippen LogP contribution in [0.15, 0.2) is 18.2 Å². The molecule has 1 heterocycles. The van der Waals surface area contributed by atoms with Crippen molar-refractivity contribution in [1.29, 1.82) is 0 Å². The molecule has 0 radical (unpaired) electrons. The van der Waals surface area contributed by atoms with Crippen molar-refractivity contribution in [1.82, 2.24) is 9.78 Å². The highest BCUT2D eigenvalue weighted by molar-refractivity contribution is 5.95. The summed E-state index contributed by atoms with van der Waals surface area (Å²) in [6.45, 7) is 5.24. The molecule has 2 amide bonds. The summed E-state index contributed by atoms with van der Waals surface area (Å²) in [5, 5.41) is 9.83. The second-order valence-electron chi connectivity index (χ2n) is 5.59. The Labute approximate surface area is 141 Å². The predicted octanol–water partition coefficient (Wildman–Crippen LogP) is 2.19. The van der Waals surface area contributed by atoms with E-state index in [2.05, 4.69) is 15.7 Å². The molecule has 0 aliphatic heterocycles. The van der Waals surface area contributed by atoms with Crippen molar-refractivity contribution in [3.05, 3.63) is 35.2 Å². The number of ether oxygens (including phenoxy) is 1. The molecule has 2 N–H and O–H groups in total. The van der Waals surface area contributed by atoms with Gasteiger partial charge < -0.3 is 15.4 Å². The van der Waals surface area contributed by atoms with Crippen molar-refractivity contribution in [2.24, 2.45) is 7.05 Å². The van der Waals surface area contributed by atoms with Crippen LogP contribution in [-0.2, 0) is 23.1 Å². The maximum Gasteiger partial charge on any atom is 0.228 e. The standard InChI is InChI=1S/C17H22N4O3/c1-10-14(11(2)21(4)20-10)9-17(23)19-13-6-7-16(24-5)15(8-13)18-12(3)22/h6-8H,9H2,1-5H3,(H,18,22)(H,19,23). The minimum atomic E-state index is -0.210. The molecule has 0 atom stereocenters. The number of rotatable bonds is 5. The fraction of sp³-hybridized carbons (Fsp3) is 0.353. The number of anilines is 2. The molecule has 7 nitrogen and oxygen atoms in total. The maximum absolute atomic E-state index is 12.3. The topological polar surface area (TPSA) is 85.2 Å². The van der Waals surface area contributed by atoms with Gasteiger partial charge in [0.25, 0.3) is 0 Å². The number of aromatic nitrogens is 2. The molecule has 2 rings (SSSR count). The van der Waals surface area contributed by atoms with Crippen molar-refractivity contribution in [3.8, 4) is 5.75 Å². The highest BCUT2D eigenvalue weighted by atomic mass is 16.5. The van der Waals surface area contributed by atoms with E-state index >= 15 is 0 Å². The molecule has 1 aromatic carbocycles. The predicted molar refractivity (Wildman–Crippen MR) is 92.3 cm³/mol. The first-order valence-corrected chi connectivity index (χ1v) is 7.56. The number of benzene rings is 1. The molecule has 0 fully saturated rings. The first-order valence-electron chi connectivity index (χ1n) is 7.56. The quantitative estimate of drug-likeness (QED) is 0.880. The molecule has 0 bridgehead atoms. The van der Waals surface area contributed by atoms with E-state index in [1.54, 1.807) is 22.9 Å². The summed E-state index contributed by atoms with van der Waals surface area (Å²) >= 11 is 0. The van der Waals surface area contributed by atoms with Gasteiger partial charge in [0.1, 0.15) is 5.75 Å². The largest absolute Gasteiger partial charge is 0.495 e. The summed E-state index contributed by atoms with van der Waals surface area (Å²) in [5.41, 5.74) is 3.83. The number of hydrogen-bond donors (Lipinski definition) is 2. The monoisotopic (exact) mass is 330 g/mol. The molecule has 0 aliphatic carbocycles. The van der Waals surface area contributed by atoms with Crippen LogP contribution < -0.4 is 15.4 Å². The average molecular weight is 330 g/mol. The molecule has 2 aromatic rings. The highest BCUT2D eigenvalue weighted by Crippen LogP contribution is 2.28. The van der Waals surface area contributed by atoms with Gasteiger partial charge in [-0.2, -0.15) is 5.10 Å². The lowest BCUT2D eigenvalue weighted by Gasteiger charge is -2.12. The molecule has 7 heteroatoms. The van der Waals surface area contributed by atoms with Crippen LogP contribution in [0.2, 0.25) is 0 Å². The van der Waals surface area contributed by atoms with E-state index in [0.717, 1.165) is 17.0 Å². The number of nitrogens with one attached hydrogen (secondary N) is 2. The van der Waals surface area contributed by atoms with Gasteiger partial charge in [0.2, 0.25) is 11.8 Å². The Balaban J connectivity index is 2.15. The first-order chi connectivity index (χ1) is 11.3. The molecule has 0 unspecified atom stereocenters. The van der Waals surface area contributed by atoms with Crippen LogP contribution >= 0.6 is 0 Å². The van der Waals surface area contributed by atoms with Crippen molar-refractivity contribution in [2.75, 3.05) is 17.7 Å². The third-order valence-corrected chi connectivity index (χ3v) is 3.79. The molecule has 1 aromatic heterocycles. The molecular weight excluding hydrogens is 308 g/mol. The Bertz CT molecular complexity index is 780. The van der Waals surface area contributed by atoms with Gasteiger partial charge in [-0.15, -0.1) is 0 Å². The molecule has 0 spiro atoms. The Morgan fingerprint density at radius 1 is 1.25 bits per heavy atom. The smallest absolute Gasteiger partial charge is 0.228 e. The van der Waals surface area contributed by atoms with Crippen LogP contribution in [0.5, 0.6) is 5.75 Å². The number of methoxy groups -OCH3 is 1. The lowest BCUT2D eigenvalue weighted by Crippen LogP contribution is -2.16. The summed E-state index contributed by atoms with van der Waals surface area (Å²) in [6.07, 6.45) is 0.243. The minimum absolute atomic E-state index is 0.145. The zero-order valence-electron chi connectivity index (χ0n) is 14.6. The van der Waals surface area contributed by atoms with Crippen LogP contribution in [0.3, 0.4) is 0 Å². The Morgan fingerprint density at radius 2 is 1.96 bits per heavy atom. The molecule has 128 valence electrons. The number of hydrogen-bond acceptors (Lipinski definition) is 4. The summed E-state index contributed by atoms with van der Waals surface area (Å²) in [4.78, 5) is 23.6. The van der Waals surface area contributed by atoms with E-state index in [-0.39, 0.29) is 18.2 Å². The third-order valence-electron chi connectivity index (χ3n) is 3.79. The number of carbonyl (C=O) groups is 2. The normalized spacial score (nSPS) is 10.4. The maximum atomic E-state index is 12.3. The lowest BCUT2D eigenvalue weighted by molar-refractivity contribution is -0.116. The highest BCUT2D eigenvalue weighted by Gasteiger charge is 2.14. The summed E-state index contributed by atoms with van der Waals surface area (Å²) in [6, 6.07) is 5.09. The first kappa shape index (κ1) is 17.5. The fourth-order valence-electron chi connectivity index (χ4n) is 2.51. The van der Waals surface area contributed by atoms with Crippen LogP contribution in [0.1, 0.15) is 23.9 Å². The van der Waals surface area contributed by atoms with E-state index < -0.39 is 0 Å². The number of nitrogens with zero attached hydrogens (tertiary/aromatic N) is 2. The van der Waals surface area contributed by atoms with E-state index in [1.165, 1.54) is 14.0 Å². The second-order valence-corrected chi connectivity index (χ2v) is 5.59. The van der Waals surface area contributed by atoms with E-state index in [0.29, 0.717) is 17.1 Å². The van der Waals surface area contributed by atoms with Gasteiger partial charge >= 0.3 is 0 Å². The Hall–Kier alpha value is -2.83. The molecule has 0 saturated heterocycles. The molecule has 24 heavy (non-hydrogen) atoms. The van der Waals surface area contributed by atoms with E-state index in [1.807, 2.05) is 20.9 Å². The van der Waals surface area contributed by atoms with Crippen LogP contribution in [0.25, 0.3) is 0 Å². The average Bonchev–Trinajstić information content (AvgIpc) is 2.73. The summed E-state index contributed by atoms with van der Waals surface area (Å²) in [7, 11) is 3.37. The molecule has 0 aliphatic rings. The molecular formula is C17H22N4O3. The van der Waals surface area contributed by atoms with Crippen molar-refractivity contribution >= 4 is 23.2 Å². The molecule has 0 saturated carbocycles. The summed E-state index contributed by atoms with van der Waals surface area (Å²) in [5.74, 6) is 0.175. The van der Waals surface area contributed by atoms with Crippen molar-refractivity contribution < 1.29 is 14.3 Å². The van der Waals surface area contributed by atoms with Crippen LogP contribution in [0, 0.1) is 13.8 Å². The Kier molecular flexibility index (Phi) is 5.23. The van der Waals surface area contributed by atoms with Gasteiger partial charge in [0, 0.05) is 30.9 Å². The second kappa shape index (κ2) is 7.16. The van der Waals surface area contributed by atoms with Gasteiger partial charge in [-0.05, 0) is 32.0 Å². The number of amides is 2. The third kappa shape index (κ3) is 3.92. The van der Waals surface area contributed by atoms with Gasteiger partial charge in [0.05, 0.1) is 24.9 Å². The van der Waals surface area contributed by atoms with Crippen LogP contribution in [-0.4, -0.2) is 28.7 Å².